The van der Waals surface area contributed by atoms with E-state index in [0.29, 0.717) is 16.7 Å². The van der Waals surface area contributed by atoms with Crippen LogP contribution in [0.3, 0.4) is 0 Å². The van der Waals surface area contributed by atoms with Crippen LogP contribution in [0.1, 0.15) is 12.5 Å². The van der Waals surface area contributed by atoms with Crippen LogP contribution >= 0.6 is 0 Å². The van der Waals surface area contributed by atoms with Gasteiger partial charge < -0.3 is 0 Å². The average Bonchev–Trinajstić information content (AvgIpc) is 2.34. The molecule has 0 heterocycles. The number of ketones is 2. The Morgan fingerprint density at radius 2 is 1.65 bits per heavy atom. The van der Waals surface area contributed by atoms with Crippen LogP contribution in [0.5, 0.6) is 0 Å². The molecule has 2 nitrogen and oxygen atoms in total. The molecule has 0 radical (unpaired) electrons. The number of carbonyl (C=O) groups excluding carboxylic acids is 2. The van der Waals surface area contributed by atoms with Crippen LogP contribution in [0.25, 0.3) is 5.57 Å². The number of benzene rings is 1. The van der Waals surface area contributed by atoms with E-state index in [4.69, 9.17) is 0 Å². The Kier molecular flexibility index (Phi) is 2.88. The molecule has 0 saturated carbocycles. The summed E-state index contributed by atoms with van der Waals surface area (Å²) in [7, 11) is 0. The number of rotatable bonds is 2. The second kappa shape index (κ2) is 4.34. The molecule has 0 unspecified atom stereocenters. The van der Waals surface area contributed by atoms with Gasteiger partial charge in [0.25, 0.3) is 0 Å². The summed E-state index contributed by atoms with van der Waals surface area (Å²) in [6.07, 6.45) is 2.73. The third kappa shape index (κ3) is 2.16. The third-order valence-corrected chi connectivity index (χ3v) is 2.72. The second-order valence-corrected chi connectivity index (χ2v) is 3.96. The van der Waals surface area contributed by atoms with Gasteiger partial charge in [0, 0.05) is 11.1 Å². The van der Waals surface area contributed by atoms with Crippen LogP contribution in [0.15, 0.2) is 60.2 Å². The molecule has 1 aliphatic carbocycles. The minimum absolute atomic E-state index is 0.128. The number of allylic oxidation sites excluding steroid dienone is 5. The number of carbonyl (C=O) groups is 2. The summed E-state index contributed by atoms with van der Waals surface area (Å²) in [5.74, 6) is -0.285. The maximum atomic E-state index is 11.8. The van der Waals surface area contributed by atoms with Crippen molar-refractivity contribution in [1.29, 1.82) is 0 Å². The van der Waals surface area contributed by atoms with Crippen LogP contribution in [0.2, 0.25) is 0 Å². The van der Waals surface area contributed by atoms with E-state index in [-0.39, 0.29) is 11.6 Å². The van der Waals surface area contributed by atoms with Gasteiger partial charge in [0.2, 0.25) is 0 Å². The van der Waals surface area contributed by atoms with Crippen molar-refractivity contribution in [2.24, 2.45) is 0 Å². The van der Waals surface area contributed by atoms with Crippen molar-refractivity contribution in [2.45, 2.75) is 6.92 Å². The van der Waals surface area contributed by atoms with Gasteiger partial charge >= 0.3 is 0 Å². The van der Waals surface area contributed by atoms with Gasteiger partial charge in [0.05, 0.1) is 0 Å². The Labute approximate surface area is 100.0 Å². The Balaban J connectivity index is 2.37. The van der Waals surface area contributed by atoms with Crippen LogP contribution in [0.4, 0.5) is 0 Å². The summed E-state index contributed by atoms with van der Waals surface area (Å²) < 4.78 is 0. The molecule has 0 fully saturated rings. The average molecular weight is 224 g/mol. The first-order valence-corrected chi connectivity index (χ1v) is 5.33. The fraction of sp³-hybridized carbons (Fsp3) is 0.0667. The highest BCUT2D eigenvalue weighted by atomic mass is 16.1. The predicted molar refractivity (Wildman–Crippen MR) is 67.3 cm³/mol. The van der Waals surface area contributed by atoms with Gasteiger partial charge in [-0.05, 0) is 30.2 Å². The highest BCUT2D eigenvalue weighted by molar-refractivity contribution is 6.25. The van der Waals surface area contributed by atoms with Crippen molar-refractivity contribution in [3.05, 3.63) is 65.8 Å². The van der Waals surface area contributed by atoms with Gasteiger partial charge in [-0.15, -0.1) is 0 Å². The first-order valence-electron chi connectivity index (χ1n) is 5.33. The summed E-state index contributed by atoms with van der Waals surface area (Å²) in [6, 6.07) is 9.37. The van der Waals surface area contributed by atoms with Gasteiger partial charge in [-0.25, -0.2) is 0 Å². The lowest BCUT2D eigenvalue weighted by Gasteiger charge is -2.12. The molecule has 0 atom stereocenters. The molecule has 0 amide bonds. The van der Waals surface area contributed by atoms with Crippen molar-refractivity contribution in [1.82, 2.24) is 0 Å². The summed E-state index contributed by atoms with van der Waals surface area (Å²) in [4.78, 5) is 23.4. The van der Waals surface area contributed by atoms with Crippen molar-refractivity contribution in [3.8, 4) is 0 Å². The molecule has 1 aromatic carbocycles. The van der Waals surface area contributed by atoms with Crippen LogP contribution in [-0.2, 0) is 9.59 Å². The molecule has 0 saturated heterocycles. The van der Waals surface area contributed by atoms with E-state index in [2.05, 4.69) is 6.58 Å². The Morgan fingerprint density at radius 3 is 2.29 bits per heavy atom. The quantitative estimate of drug-likeness (QED) is 0.724. The standard InChI is InChI=1S/C15H12O2/c1-10-8-15(17)13(9-14(10)16)11(2)12-6-4-3-5-7-12/h3-9H,2H2,1H3. The third-order valence-electron chi connectivity index (χ3n) is 2.72. The summed E-state index contributed by atoms with van der Waals surface area (Å²) >= 11 is 0. The maximum absolute atomic E-state index is 11.8. The van der Waals surface area contributed by atoms with E-state index in [1.54, 1.807) is 6.92 Å². The number of hydrogen-bond acceptors (Lipinski definition) is 2. The molecule has 2 heteroatoms. The molecule has 0 bridgehead atoms. The van der Waals surface area contributed by atoms with Crippen molar-refractivity contribution >= 4 is 17.1 Å². The lowest BCUT2D eigenvalue weighted by atomic mass is 9.90. The molecule has 0 spiro atoms. The SMILES string of the molecule is C=C(C1=CC(=O)C(C)=CC1=O)c1ccccc1. The highest BCUT2D eigenvalue weighted by Crippen LogP contribution is 2.25. The van der Waals surface area contributed by atoms with Crippen LogP contribution < -0.4 is 0 Å². The molecule has 17 heavy (non-hydrogen) atoms. The zero-order chi connectivity index (χ0) is 12.4. The maximum Gasteiger partial charge on any atom is 0.186 e. The topological polar surface area (TPSA) is 34.1 Å². The Hall–Kier alpha value is -2.22. The molecule has 84 valence electrons. The molecule has 1 aliphatic rings. The van der Waals surface area contributed by atoms with E-state index in [1.807, 2.05) is 30.3 Å². The summed E-state index contributed by atoms with van der Waals surface area (Å²) in [5, 5.41) is 0. The van der Waals surface area contributed by atoms with Gasteiger partial charge in [0.1, 0.15) is 0 Å². The normalized spacial score (nSPS) is 15.4. The van der Waals surface area contributed by atoms with Gasteiger partial charge in [-0.1, -0.05) is 36.9 Å². The predicted octanol–water partition coefficient (Wildman–Crippen LogP) is 2.72. The van der Waals surface area contributed by atoms with E-state index in [9.17, 15) is 9.59 Å². The molecule has 1 aromatic rings. The Morgan fingerprint density at radius 1 is 1.00 bits per heavy atom. The smallest absolute Gasteiger partial charge is 0.186 e. The van der Waals surface area contributed by atoms with E-state index in [1.165, 1.54) is 12.2 Å². The second-order valence-electron chi connectivity index (χ2n) is 3.96. The monoisotopic (exact) mass is 224 g/mol. The van der Waals surface area contributed by atoms with Crippen molar-refractivity contribution < 1.29 is 9.59 Å². The Bertz CT molecular complexity index is 560. The van der Waals surface area contributed by atoms with E-state index < -0.39 is 0 Å². The molecular weight excluding hydrogens is 212 g/mol. The zero-order valence-corrected chi connectivity index (χ0v) is 9.57. The lowest BCUT2D eigenvalue weighted by Crippen LogP contribution is -2.12. The van der Waals surface area contributed by atoms with Crippen molar-refractivity contribution in [2.75, 3.05) is 0 Å². The van der Waals surface area contributed by atoms with E-state index in [0.717, 1.165) is 5.56 Å². The lowest BCUT2D eigenvalue weighted by molar-refractivity contribution is -0.114. The van der Waals surface area contributed by atoms with Gasteiger partial charge in [-0.3, -0.25) is 9.59 Å². The number of hydrogen-bond donors (Lipinski definition) is 0. The molecule has 0 aromatic heterocycles. The molecule has 0 N–H and O–H groups in total. The minimum atomic E-state index is -0.157. The summed E-state index contributed by atoms with van der Waals surface area (Å²) in [5.41, 5.74) is 2.30. The van der Waals surface area contributed by atoms with Crippen LogP contribution in [-0.4, -0.2) is 11.6 Å². The first-order chi connectivity index (χ1) is 8.09. The fourth-order valence-electron chi connectivity index (χ4n) is 1.69. The van der Waals surface area contributed by atoms with Crippen LogP contribution in [0, 0.1) is 0 Å². The zero-order valence-electron chi connectivity index (χ0n) is 9.57. The minimum Gasteiger partial charge on any atom is -0.290 e. The largest absolute Gasteiger partial charge is 0.290 e. The van der Waals surface area contributed by atoms with Gasteiger partial charge in [0.15, 0.2) is 11.6 Å². The molecule has 2 rings (SSSR count). The van der Waals surface area contributed by atoms with E-state index >= 15 is 0 Å². The molecule has 0 aliphatic heterocycles. The highest BCUT2D eigenvalue weighted by Gasteiger charge is 2.19. The van der Waals surface area contributed by atoms with Gasteiger partial charge in [-0.2, -0.15) is 0 Å². The fourth-order valence-corrected chi connectivity index (χ4v) is 1.69. The summed E-state index contributed by atoms with van der Waals surface area (Å²) in [6.45, 7) is 5.53. The first kappa shape index (κ1) is 11.3. The van der Waals surface area contributed by atoms with Crippen molar-refractivity contribution in [3.63, 3.8) is 0 Å². The molecular formula is C15H12O2.